The highest BCUT2D eigenvalue weighted by Gasteiger charge is 2.27. The van der Waals surface area contributed by atoms with E-state index in [9.17, 15) is 0 Å². The summed E-state index contributed by atoms with van der Waals surface area (Å²) in [6.07, 6.45) is 2.07. The number of hydrogen-bond donors (Lipinski definition) is 0. The predicted molar refractivity (Wildman–Crippen MR) is 167 cm³/mol. The number of hydrogen-bond acceptors (Lipinski definition) is 0. The SMILES string of the molecule is CCc1cc(C(C)C)ccc1-c1ccc(C(C)(C)c2ccc3ccc4cccc5ccc2c3c45)cc1CC. The quantitative estimate of drug-likeness (QED) is 0.202. The maximum Gasteiger partial charge on any atom is 0.0152 e. The van der Waals surface area contributed by atoms with Crippen molar-refractivity contribution in [3.8, 4) is 11.1 Å². The highest BCUT2D eigenvalue weighted by Crippen LogP contribution is 2.43. The number of rotatable bonds is 6. The first-order chi connectivity index (χ1) is 18.3. The molecule has 0 N–H and O–H groups in total. The van der Waals surface area contributed by atoms with Crippen molar-refractivity contribution >= 4 is 32.3 Å². The van der Waals surface area contributed by atoms with Crippen LogP contribution in [0.1, 0.15) is 75.3 Å². The molecule has 0 aliphatic heterocycles. The first-order valence-corrected chi connectivity index (χ1v) is 14.3. The van der Waals surface area contributed by atoms with Crippen LogP contribution in [0.5, 0.6) is 0 Å². The first-order valence-electron chi connectivity index (χ1n) is 14.3. The van der Waals surface area contributed by atoms with E-state index < -0.39 is 0 Å². The van der Waals surface area contributed by atoms with Gasteiger partial charge in [0.05, 0.1) is 0 Å². The van der Waals surface area contributed by atoms with E-state index in [1.54, 1.807) is 0 Å². The van der Waals surface area contributed by atoms with E-state index in [0.717, 1.165) is 12.8 Å². The van der Waals surface area contributed by atoms with Crippen molar-refractivity contribution in [2.24, 2.45) is 0 Å². The first kappa shape index (κ1) is 24.7. The van der Waals surface area contributed by atoms with E-state index in [2.05, 4.69) is 133 Å². The molecule has 0 aliphatic carbocycles. The lowest BCUT2D eigenvalue weighted by Crippen LogP contribution is -2.20. The number of benzene rings is 6. The fourth-order valence-electron chi connectivity index (χ4n) is 6.50. The van der Waals surface area contributed by atoms with Crippen molar-refractivity contribution < 1.29 is 0 Å². The summed E-state index contributed by atoms with van der Waals surface area (Å²) in [6.45, 7) is 13.9. The zero-order valence-electron chi connectivity index (χ0n) is 23.7. The van der Waals surface area contributed by atoms with Gasteiger partial charge in [-0.15, -0.1) is 0 Å². The fraction of sp³-hybridized carbons (Fsp3) is 0.263. The molecule has 0 amide bonds. The molecule has 0 radical (unpaired) electrons. The molecule has 0 atom stereocenters. The second-order valence-electron chi connectivity index (χ2n) is 11.7. The molecule has 0 heterocycles. The minimum atomic E-state index is -0.125. The molecule has 0 heteroatoms. The largest absolute Gasteiger partial charge is 0.0613 e. The Bertz CT molecular complexity index is 1760. The van der Waals surface area contributed by atoms with E-state index in [0.29, 0.717) is 5.92 Å². The molecule has 0 aromatic heterocycles. The molecule has 6 rings (SSSR count). The Morgan fingerprint density at radius 3 is 1.84 bits per heavy atom. The van der Waals surface area contributed by atoms with E-state index in [4.69, 9.17) is 0 Å². The molecule has 0 spiro atoms. The zero-order chi connectivity index (χ0) is 26.6. The van der Waals surface area contributed by atoms with Gasteiger partial charge in [-0.2, -0.15) is 0 Å². The summed E-state index contributed by atoms with van der Waals surface area (Å²) in [5, 5.41) is 8.13. The van der Waals surface area contributed by atoms with Gasteiger partial charge in [-0.25, -0.2) is 0 Å². The minimum Gasteiger partial charge on any atom is -0.0613 e. The van der Waals surface area contributed by atoms with Crippen LogP contribution >= 0.6 is 0 Å². The van der Waals surface area contributed by atoms with Gasteiger partial charge in [0, 0.05) is 5.41 Å². The van der Waals surface area contributed by atoms with Crippen LogP contribution in [0.15, 0.2) is 91.0 Å². The lowest BCUT2D eigenvalue weighted by atomic mass is 9.74. The lowest BCUT2D eigenvalue weighted by Gasteiger charge is -2.30. The van der Waals surface area contributed by atoms with Crippen LogP contribution in [0.25, 0.3) is 43.4 Å². The Kier molecular flexibility index (Phi) is 6.03. The Morgan fingerprint density at radius 1 is 0.605 bits per heavy atom. The molecule has 0 nitrogen and oxygen atoms in total. The summed E-state index contributed by atoms with van der Waals surface area (Å²) in [4.78, 5) is 0. The van der Waals surface area contributed by atoms with Gasteiger partial charge < -0.3 is 0 Å². The molecular weight excluding hydrogens is 456 g/mol. The number of aryl methyl sites for hydroxylation is 2. The standard InChI is InChI=1S/C38H38/c1-7-25-22-30(24(3)4)15-18-32(25)33-20-17-31(23-26(33)8-2)38(5,6)35-21-16-29-13-12-27-10-9-11-28-14-19-34(35)37(29)36(27)28/h9-24H,7-8H2,1-6H3. The van der Waals surface area contributed by atoms with Gasteiger partial charge in [0.15, 0.2) is 0 Å². The van der Waals surface area contributed by atoms with Crippen molar-refractivity contribution in [1.29, 1.82) is 0 Å². The van der Waals surface area contributed by atoms with Gasteiger partial charge in [-0.1, -0.05) is 133 Å². The van der Waals surface area contributed by atoms with Crippen LogP contribution in [0.4, 0.5) is 0 Å². The molecule has 0 unspecified atom stereocenters. The monoisotopic (exact) mass is 494 g/mol. The Morgan fingerprint density at radius 2 is 1.18 bits per heavy atom. The van der Waals surface area contributed by atoms with Gasteiger partial charge in [-0.3, -0.25) is 0 Å². The summed E-state index contributed by atoms with van der Waals surface area (Å²) < 4.78 is 0. The molecule has 38 heavy (non-hydrogen) atoms. The lowest BCUT2D eigenvalue weighted by molar-refractivity contribution is 0.646. The van der Waals surface area contributed by atoms with Gasteiger partial charge in [0.2, 0.25) is 0 Å². The summed E-state index contributed by atoms with van der Waals surface area (Å²) in [5.41, 5.74) is 9.73. The predicted octanol–water partition coefficient (Wildman–Crippen LogP) is 10.8. The van der Waals surface area contributed by atoms with Crippen LogP contribution in [0, 0.1) is 0 Å². The van der Waals surface area contributed by atoms with Crippen LogP contribution in [0.3, 0.4) is 0 Å². The maximum atomic E-state index is 2.48. The third-order valence-corrected chi connectivity index (χ3v) is 8.88. The van der Waals surface area contributed by atoms with Gasteiger partial charge in [0.1, 0.15) is 0 Å². The molecule has 0 bridgehead atoms. The van der Waals surface area contributed by atoms with E-state index in [-0.39, 0.29) is 5.41 Å². The highest BCUT2D eigenvalue weighted by atomic mass is 14.3. The minimum absolute atomic E-state index is 0.125. The van der Waals surface area contributed by atoms with Crippen LogP contribution < -0.4 is 0 Å². The summed E-state index contributed by atoms with van der Waals surface area (Å²) in [6, 6.07) is 34.9. The van der Waals surface area contributed by atoms with Crippen LogP contribution in [0.2, 0.25) is 0 Å². The van der Waals surface area contributed by atoms with Crippen molar-refractivity contribution in [2.75, 3.05) is 0 Å². The van der Waals surface area contributed by atoms with Crippen molar-refractivity contribution in [1.82, 2.24) is 0 Å². The normalized spacial score (nSPS) is 12.4. The molecule has 0 aliphatic rings. The molecule has 6 aromatic carbocycles. The summed E-state index contributed by atoms with van der Waals surface area (Å²) >= 11 is 0. The third kappa shape index (κ3) is 3.81. The third-order valence-electron chi connectivity index (χ3n) is 8.88. The van der Waals surface area contributed by atoms with Gasteiger partial charge in [-0.05, 0) is 90.0 Å². The molecular formula is C38H38. The second kappa shape index (κ2) is 9.28. The fourth-order valence-corrected chi connectivity index (χ4v) is 6.50. The summed E-state index contributed by atoms with van der Waals surface area (Å²) in [7, 11) is 0. The maximum absolute atomic E-state index is 2.48. The zero-order valence-corrected chi connectivity index (χ0v) is 23.7. The average Bonchev–Trinajstić information content (AvgIpc) is 2.95. The average molecular weight is 495 g/mol. The Hall–Kier alpha value is -3.64. The van der Waals surface area contributed by atoms with Crippen LogP contribution in [-0.4, -0.2) is 0 Å². The second-order valence-corrected chi connectivity index (χ2v) is 11.7. The van der Waals surface area contributed by atoms with Crippen molar-refractivity contribution in [2.45, 2.75) is 65.7 Å². The van der Waals surface area contributed by atoms with Gasteiger partial charge in [0.25, 0.3) is 0 Å². The molecule has 0 fully saturated rings. The summed E-state index contributed by atoms with van der Waals surface area (Å²) in [5.74, 6) is 0.549. The Labute approximate surface area is 227 Å². The smallest absolute Gasteiger partial charge is 0.0152 e. The van der Waals surface area contributed by atoms with Crippen molar-refractivity contribution in [3.63, 3.8) is 0 Å². The van der Waals surface area contributed by atoms with Crippen LogP contribution in [-0.2, 0) is 18.3 Å². The molecule has 190 valence electrons. The molecule has 0 saturated heterocycles. The molecule has 6 aromatic rings. The Balaban J connectivity index is 1.50. The van der Waals surface area contributed by atoms with E-state index in [1.165, 1.54) is 71.3 Å². The topological polar surface area (TPSA) is 0 Å². The van der Waals surface area contributed by atoms with E-state index in [1.807, 2.05) is 0 Å². The van der Waals surface area contributed by atoms with E-state index >= 15 is 0 Å². The van der Waals surface area contributed by atoms with Gasteiger partial charge >= 0.3 is 0 Å². The highest BCUT2D eigenvalue weighted by molar-refractivity contribution is 6.23. The van der Waals surface area contributed by atoms with Crippen molar-refractivity contribution in [3.05, 3.63) is 119 Å². The molecule has 0 saturated carbocycles.